The van der Waals surface area contributed by atoms with Crippen LogP contribution in [0.2, 0.25) is 0 Å². The summed E-state index contributed by atoms with van der Waals surface area (Å²) in [5, 5.41) is 9.73. The zero-order valence-electron chi connectivity index (χ0n) is 10.5. The number of anilines is 1. The van der Waals surface area contributed by atoms with Gasteiger partial charge in [-0.05, 0) is 19.5 Å². The van der Waals surface area contributed by atoms with E-state index in [9.17, 15) is 0 Å². The van der Waals surface area contributed by atoms with E-state index in [0.29, 0.717) is 0 Å². The second-order valence-electron chi connectivity index (χ2n) is 4.47. The van der Waals surface area contributed by atoms with Gasteiger partial charge in [0.15, 0.2) is 5.13 Å². The second-order valence-corrected chi connectivity index (χ2v) is 5.59. The largest absolute Gasteiger partial charge is 0.395 e. The molecule has 1 aliphatic heterocycles. The molecule has 0 bridgehead atoms. The molecule has 4 N–H and O–H groups in total. The van der Waals surface area contributed by atoms with Crippen LogP contribution in [0, 0.1) is 0 Å². The van der Waals surface area contributed by atoms with Crippen LogP contribution in [0.1, 0.15) is 11.3 Å². The lowest BCUT2D eigenvalue weighted by atomic mass is 10.3. The van der Waals surface area contributed by atoms with E-state index in [1.165, 1.54) is 4.88 Å². The summed E-state index contributed by atoms with van der Waals surface area (Å²) in [7, 11) is 0. The van der Waals surface area contributed by atoms with Gasteiger partial charge in [-0.1, -0.05) is 11.3 Å². The van der Waals surface area contributed by atoms with Crippen LogP contribution in [-0.2, 0) is 6.54 Å². The number of rotatable bonds is 5. The quantitative estimate of drug-likeness (QED) is 0.514. The Morgan fingerprint density at radius 3 is 2.83 bits per heavy atom. The van der Waals surface area contributed by atoms with E-state index in [4.69, 9.17) is 10.9 Å². The van der Waals surface area contributed by atoms with Crippen molar-refractivity contribution in [2.24, 2.45) is 5.84 Å². The van der Waals surface area contributed by atoms with E-state index in [1.807, 2.05) is 6.20 Å². The van der Waals surface area contributed by atoms with Gasteiger partial charge in [-0.15, -0.1) is 0 Å². The van der Waals surface area contributed by atoms with E-state index in [1.54, 1.807) is 11.3 Å². The summed E-state index contributed by atoms with van der Waals surface area (Å²) >= 11 is 1.60. The molecule has 1 aromatic heterocycles. The minimum atomic E-state index is 0.250. The van der Waals surface area contributed by atoms with Crippen LogP contribution >= 0.6 is 11.3 Å². The molecule has 1 aliphatic rings. The molecule has 1 aromatic rings. The molecule has 18 heavy (non-hydrogen) atoms. The van der Waals surface area contributed by atoms with Crippen molar-refractivity contribution in [1.82, 2.24) is 14.8 Å². The summed E-state index contributed by atoms with van der Waals surface area (Å²) in [5.41, 5.74) is 2.57. The molecule has 0 radical (unpaired) electrons. The van der Waals surface area contributed by atoms with Crippen molar-refractivity contribution in [3.05, 3.63) is 11.1 Å². The number of nitrogen functional groups attached to an aromatic ring is 1. The molecule has 1 fully saturated rings. The highest BCUT2D eigenvalue weighted by Crippen LogP contribution is 2.19. The van der Waals surface area contributed by atoms with Gasteiger partial charge in [0.05, 0.1) is 6.61 Å². The number of aliphatic hydroxyl groups excluding tert-OH is 1. The van der Waals surface area contributed by atoms with Crippen molar-refractivity contribution in [1.29, 1.82) is 0 Å². The highest BCUT2D eigenvalue weighted by atomic mass is 32.1. The van der Waals surface area contributed by atoms with Gasteiger partial charge in [-0.2, -0.15) is 0 Å². The van der Waals surface area contributed by atoms with E-state index >= 15 is 0 Å². The topological polar surface area (TPSA) is 77.7 Å². The first-order valence-corrected chi connectivity index (χ1v) is 7.10. The number of nitrogens with two attached hydrogens (primary N) is 1. The molecule has 102 valence electrons. The molecule has 0 spiro atoms. The van der Waals surface area contributed by atoms with Gasteiger partial charge >= 0.3 is 0 Å². The Labute approximate surface area is 111 Å². The Hall–Kier alpha value is -0.730. The number of β-amino-alcohol motifs (C(OH)–C–C–N with tert-alkyl or cyclic N) is 1. The number of hydrogen-bond donors (Lipinski definition) is 3. The fourth-order valence-corrected chi connectivity index (χ4v) is 2.98. The molecule has 0 unspecified atom stereocenters. The van der Waals surface area contributed by atoms with E-state index in [2.05, 4.69) is 20.2 Å². The van der Waals surface area contributed by atoms with E-state index in [-0.39, 0.29) is 6.61 Å². The first kappa shape index (κ1) is 13.7. The van der Waals surface area contributed by atoms with Crippen LogP contribution in [0.25, 0.3) is 0 Å². The third-order valence-electron chi connectivity index (χ3n) is 3.15. The van der Waals surface area contributed by atoms with Crippen molar-refractivity contribution in [3.63, 3.8) is 0 Å². The number of nitrogens with zero attached hydrogens (tertiary/aromatic N) is 3. The Bertz CT molecular complexity index is 359. The lowest BCUT2D eigenvalue weighted by Crippen LogP contribution is -2.32. The number of thiazole rings is 1. The summed E-state index contributed by atoms with van der Waals surface area (Å²) in [5.74, 6) is 5.33. The summed E-state index contributed by atoms with van der Waals surface area (Å²) in [6.45, 7) is 6.23. The zero-order valence-corrected chi connectivity index (χ0v) is 11.3. The van der Waals surface area contributed by atoms with Crippen LogP contribution < -0.4 is 11.3 Å². The van der Waals surface area contributed by atoms with Crippen molar-refractivity contribution < 1.29 is 5.11 Å². The van der Waals surface area contributed by atoms with Gasteiger partial charge < -0.3 is 5.11 Å². The maximum absolute atomic E-state index is 8.96. The highest BCUT2D eigenvalue weighted by Gasteiger charge is 2.15. The predicted octanol–water partition coefficient (Wildman–Crippen LogP) is -0.0713. The molecule has 2 heterocycles. The van der Waals surface area contributed by atoms with Crippen LogP contribution in [0.15, 0.2) is 6.20 Å². The molecule has 7 heteroatoms. The highest BCUT2D eigenvalue weighted by molar-refractivity contribution is 7.15. The fraction of sp³-hybridized carbons (Fsp3) is 0.727. The monoisotopic (exact) mass is 271 g/mol. The van der Waals surface area contributed by atoms with Gasteiger partial charge in [0, 0.05) is 37.3 Å². The molecule has 0 aromatic carbocycles. The Balaban J connectivity index is 1.82. The van der Waals surface area contributed by atoms with Crippen LogP contribution in [0.5, 0.6) is 0 Å². The summed E-state index contributed by atoms with van der Waals surface area (Å²) in [6, 6.07) is 0. The molecule has 0 aliphatic carbocycles. The van der Waals surface area contributed by atoms with Gasteiger partial charge in [0.25, 0.3) is 0 Å². The van der Waals surface area contributed by atoms with Crippen molar-refractivity contribution in [3.8, 4) is 0 Å². The minimum Gasteiger partial charge on any atom is -0.395 e. The Kier molecular flexibility index (Phi) is 5.33. The van der Waals surface area contributed by atoms with Crippen LogP contribution in [0.4, 0.5) is 5.13 Å². The molecule has 0 amide bonds. The normalized spacial score (nSPS) is 18.8. The maximum Gasteiger partial charge on any atom is 0.197 e. The molecule has 0 atom stereocenters. The third kappa shape index (κ3) is 3.89. The third-order valence-corrected chi connectivity index (χ3v) is 4.07. The SMILES string of the molecule is NNc1ncc(CN2CCCN(CCO)CC2)s1. The first-order chi connectivity index (χ1) is 8.81. The molecule has 0 saturated carbocycles. The number of aromatic nitrogens is 1. The van der Waals surface area contributed by atoms with Crippen molar-refractivity contribution >= 4 is 16.5 Å². The van der Waals surface area contributed by atoms with Gasteiger partial charge in [-0.25, -0.2) is 10.8 Å². The number of hydrogen-bond acceptors (Lipinski definition) is 7. The fourth-order valence-electron chi connectivity index (χ4n) is 2.22. The lowest BCUT2D eigenvalue weighted by molar-refractivity contribution is 0.196. The Morgan fingerprint density at radius 2 is 2.11 bits per heavy atom. The van der Waals surface area contributed by atoms with Crippen LogP contribution in [-0.4, -0.2) is 59.2 Å². The average molecular weight is 271 g/mol. The average Bonchev–Trinajstić information content (AvgIpc) is 2.71. The molecule has 6 nitrogen and oxygen atoms in total. The molecular formula is C11H21N5OS. The number of nitrogens with one attached hydrogen (secondary N) is 1. The summed E-state index contributed by atoms with van der Waals surface area (Å²) in [6.07, 6.45) is 3.04. The lowest BCUT2D eigenvalue weighted by Gasteiger charge is -2.20. The van der Waals surface area contributed by atoms with Crippen molar-refractivity contribution in [2.45, 2.75) is 13.0 Å². The van der Waals surface area contributed by atoms with Gasteiger partial charge in [0.1, 0.15) is 0 Å². The first-order valence-electron chi connectivity index (χ1n) is 6.28. The Morgan fingerprint density at radius 1 is 1.33 bits per heavy atom. The summed E-state index contributed by atoms with van der Waals surface area (Å²) < 4.78 is 0. The smallest absolute Gasteiger partial charge is 0.197 e. The molecular weight excluding hydrogens is 250 g/mol. The molecule has 2 rings (SSSR count). The number of aliphatic hydroxyl groups is 1. The summed E-state index contributed by atoms with van der Waals surface area (Å²) in [4.78, 5) is 10.2. The minimum absolute atomic E-state index is 0.250. The van der Waals surface area contributed by atoms with Gasteiger partial charge in [-0.3, -0.25) is 15.2 Å². The zero-order chi connectivity index (χ0) is 12.8. The number of hydrazine groups is 1. The molecule has 1 saturated heterocycles. The van der Waals surface area contributed by atoms with Crippen LogP contribution in [0.3, 0.4) is 0 Å². The predicted molar refractivity (Wildman–Crippen MR) is 73.3 cm³/mol. The van der Waals surface area contributed by atoms with E-state index in [0.717, 1.165) is 50.8 Å². The second kappa shape index (κ2) is 7.01. The van der Waals surface area contributed by atoms with E-state index < -0.39 is 0 Å². The van der Waals surface area contributed by atoms with Crippen molar-refractivity contribution in [2.75, 3.05) is 44.8 Å². The van der Waals surface area contributed by atoms with Gasteiger partial charge in [0.2, 0.25) is 0 Å². The standard InChI is InChI=1S/C11H21N5OS/c12-14-11-13-8-10(18-11)9-16-3-1-2-15(4-5-16)6-7-17/h8,17H,1-7,9,12H2,(H,13,14). The maximum atomic E-state index is 8.96.